The summed E-state index contributed by atoms with van der Waals surface area (Å²) < 4.78 is 6.16. The van der Waals surface area contributed by atoms with Crippen LogP contribution in [-0.4, -0.2) is 51.1 Å². The van der Waals surface area contributed by atoms with E-state index in [2.05, 4.69) is 37.6 Å². The number of rotatable bonds is 7. The molecule has 0 bridgehead atoms. The SMILES string of the molecule is CN=C(NCCNC(=O)c1ccc(OC)cc1)N(C)Cc1ccccc1Br. The standard InChI is InChI=1S/C20H25BrN4O2/c1-22-20(25(2)14-16-6-4-5-7-18(16)21)24-13-12-23-19(26)15-8-10-17(27-3)11-9-15/h4-11H,12-14H2,1-3H3,(H,22,24)(H,23,26). The van der Waals surface area contributed by atoms with Crippen molar-refractivity contribution in [2.24, 2.45) is 4.99 Å². The molecule has 2 N–H and O–H groups in total. The number of nitrogens with one attached hydrogen (secondary N) is 2. The molecule has 1 amide bonds. The zero-order valence-corrected chi connectivity index (χ0v) is 17.4. The summed E-state index contributed by atoms with van der Waals surface area (Å²) in [5, 5.41) is 6.15. The Morgan fingerprint density at radius 2 is 1.78 bits per heavy atom. The van der Waals surface area contributed by atoms with E-state index in [0.29, 0.717) is 18.7 Å². The first-order valence-electron chi connectivity index (χ1n) is 8.62. The van der Waals surface area contributed by atoms with Gasteiger partial charge in [0.05, 0.1) is 7.11 Å². The topological polar surface area (TPSA) is 66.0 Å². The number of hydrogen-bond donors (Lipinski definition) is 2. The van der Waals surface area contributed by atoms with Crippen molar-refractivity contribution >= 4 is 27.8 Å². The van der Waals surface area contributed by atoms with Gasteiger partial charge in [0, 0.05) is 43.8 Å². The predicted octanol–water partition coefficient (Wildman–Crippen LogP) is 2.89. The zero-order chi connectivity index (χ0) is 19.6. The van der Waals surface area contributed by atoms with Crippen molar-refractivity contribution in [1.82, 2.24) is 15.5 Å². The molecule has 0 fully saturated rings. The minimum Gasteiger partial charge on any atom is -0.497 e. The van der Waals surface area contributed by atoms with E-state index in [9.17, 15) is 4.79 Å². The number of methoxy groups -OCH3 is 1. The largest absolute Gasteiger partial charge is 0.497 e. The molecule has 0 atom stereocenters. The highest BCUT2D eigenvalue weighted by Crippen LogP contribution is 2.17. The summed E-state index contributed by atoms with van der Waals surface area (Å²) >= 11 is 3.56. The van der Waals surface area contributed by atoms with Crippen LogP contribution in [0.5, 0.6) is 5.75 Å². The number of nitrogens with zero attached hydrogens (tertiary/aromatic N) is 2. The summed E-state index contributed by atoms with van der Waals surface area (Å²) in [5.41, 5.74) is 1.78. The van der Waals surface area contributed by atoms with Crippen molar-refractivity contribution < 1.29 is 9.53 Å². The molecule has 2 aromatic rings. The normalized spacial score (nSPS) is 11.0. The Morgan fingerprint density at radius 1 is 1.11 bits per heavy atom. The van der Waals surface area contributed by atoms with Crippen LogP contribution in [-0.2, 0) is 6.54 Å². The van der Waals surface area contributed by atoms with Crippen molar-refractivity contribution in [3.63, 3.8) is 0 Å². The molecule has 7 heteroatoms. The van der Waals surface area contributed by atoms with Crippen LogP contribution >= 0.6 is 15.9 Å². The van der Waals surface area contributed by atoms with Crippen molar-refractivity contribution in [2.45, 2.75) is 6.54 Å². The highest BCUT2D eigenvalue weighted by Gasteiger charge is 2.09. The Balaban J connectivity index is 1.78. The van der Waals surface area contributed by atoms with E-state index in [-0.39, 0.29) is 5.91 Å². The van der Waals surface area contributed by atoms with E-state index >= 15 is 0 Å². The van der Waals surface area contributed by atoms with Crippen molar-refractivity contribution in [3.05, 3.63) is 64.1 Å². The maximum Gasteiger partial charge on any atom is 0.251 e. The van der Waals surface area contributed by atoms with Crippen LogP contribution in [0.3, 0.4) is 0 Å². The quantitative estimate of drug-likeness (QED) is 0.401. The fourth-order valence-corrected chi connectivity index (χ4v) is 2.95. The molecule has 0 radical (unpaired) electrons. The van der Waals surface area contributed by atoms with Gasteiger partial charge in [-0.3, -0.25) is 9.79 Å². The van der Waals surface area contributed by atoms with E-state index in [1.165, 1.54) is 5.56 Å². The molecule has 0 unspecified atom stereocenters. The van der Waals surface area contributed by atoms with Crippen LogP contribution in [0.15, 0.2) is 58.0 Å². The molecule has 0 heterocycles. The van der Waals surface area contributed by atoms with Crippen LogP contribution in [0, 0.1) is 0 Å². The summed E-state index contributed by atoms with van der Waals surface area (Å²) in [7, 11) is 5.32. The Bertz CT molecular complexity index is 778. The van der Waals surface area contributed by atoms with E-state index in [1.807, 2.05) is 30.1 Å². The summed E-state index contributed by atoms with van der Waals surface area (Å²) in [6, 6.07) is 15.1. The fourth-order valence-electron chi connectivity index (χ4n) is 2.54. The lowest BCUT2D eigenvalue weighted by Crippen LogP contribution is -2.42. The number of benzene rings is 2. The third-order valence-electron chi connectivity index (χ3n) is 3.98. The Kier molecular flexibility index (Phi) is 8.13. The fraction of sp³-hybridized carbons (Fsp3) is 0.300. The van der Waals surface area contributed by atoms with Crippen LogP contribution in [0.25, 0.3) is 0 Å². The third-order valence-corrected chi connectivity index (χ3v) is 4.76. The maximum absolute atomic E-state index is 12.1. The zero-order valence-electron chi connectivity index (χ0n) is 15.8. The van der Waals surface area contributed by atoms with Gasteiger partial charge in [-0.25, -0.2) is 0 Å². The van der Waals surface area contributed by atoms with Crippen molar-refractivity contribution in [1.29, 1.82) is 0 Å². The number of ether oxygens (including phenoxy) is 1. The molecule has 0 aliphatic rings. The second-order valence-electron chi connectivity index (χ2n) is 5.91. The monoisotopic (exact) mass is 432 g/mol. The molecule has 2 rings (SSSR count). The van der Waals surface area contributed by atoms with E-state index in [0.717, 1.165) is 22.7 Å². The average molecular weight is 433 g/mol. The molecule has 2 aromatic carbocycles. The first kappa shape index (κ1) is 20.8. The number of carbonyl (C=O) groups is 1. The molecule has 6 nitrogen and oxygen atoms in total. The molecule has 0 saturated carbocycles. The first-order chi connectivity index (χ1) is 13.0. The lowest BCUT2D eigenvalue weighted by Gasteiger charge is -2.22. The molecule has 144 valence electrons. The minimum absolute atomic E-state index is 0.115. The third kappa shape index (κ3) is 6.29. The van der Waals surface area contributed by atoms with E-state index < -0.39 is 0 Å². The molecule has 0 aromatic heterocycles. The summed E-state index contributed by atoms with van der Waals surface area (Å²) in [6.45, 7) is 1.79. The number of amides is 1. The molecule has 27 heavy (non-hydrogen) atoms. The lowest BCUT2D eigenvalue weighted by molar-refractivity contribution is 0.0954. The Morgan fingerprint density at radius 3 is 2.41 bits per heavy atom. The van der Waals surface area contributed by atoms with Gasteiger partial charge in [0.1, 0.15) is 5.75 Å². The number of carbonyl (C=O) groups excluding carboxylic acids is 1. The predicted molar refractivity (Wildman–Crippen MR) is 112 cm³/mol. The van der Waals surface area contributed by atoms with Crippen molar-refractivity contribution in [3.8, 4) is 5.75 Å². The van der Waals surface area contributed by atoms with Gasteiger partial charge in [-0.1, -0.05) is 34.1 Å². The summed E-state index contributed by atoms with van der Waals surface area (Å²) in [6.07, 6.45) is 0. The van der Waals surface area contributed by atoms with Gasteiger partial charge in [0.15, 0.2) is 5.96 Å². The molecule has 0 aliphatic carbocycles. The van der Waals surface area contributed by atoms with Gasteiger partial charge < -0.3 is 20.3 Å². The van der Waals surface area contributed by atoms with Crippen LogP contribution in [0.2, 0.25) is 0 Å². The van der Waals surface area contributed by atoms with Gasteiger partial charge >= 0.3 is 0 Å². The average Bonchev–Trinajstić information content (AvgIpc) is 2.69. The lowest BCUT2D eigenvalue weighted by atomic mass is 10.2. The Hall–Kier alpha value is -2.54. The van der Waals surface area contributed by atoms with Gasteiger partial charge in [-0.15, -0.1) is 0 Å². The smallest absolute Gasteiger partial charge is 0.251 e. The van der Waals surface area contributed by atoms with Gasteiger partial charge in [0.25, 0.3) is 5.91 Å². The van der Waals surface area contributed by atoms with Gasteiger partial charge in [-0.05, 0) is 35.9 Å². The Labute approximate surface area is 168 Å². The molecular weight excluding hydrogens is 408 g/mol. The maximum atomic E-state index is 12.1. The van der Waals surface area contributed by atoms with Crippen LogP contribution in [0.1, 0.15) is 15.9 Å². The van der Waals surface area contributed by atoms with Gasteiger partial charge in [-0.2, -0.15) is 0 Å². The minimum atomic E-state index is -0.115. The van der Waals surface area contributed by atoms with Gasteiger partial charge in [0.2, 0.25) is 0 Å². The number of halogens is 1. The van der Waals surface area contributed by atoms with E-state index in [4.69, 9.17) is 4.74 Å². The summed E-state index contributed by atoms with van der Waals surface area (Å²) in [5.74, 6) is 1.38. The number of hydrogen-bond acceptors (Lipinski definition) is 3. The molecule has 0 saturated heterocycles. The number of guanidine groups is 1. The van der Waals surface area contributed by atoms with Crippen LogP contribution in [0.4, 0.5) is 0 Å². The molecular formula is C20H25BrN4O2. The highest BCUT2D eigenvalue weighted by molar-refractivity contribution is 9.10. The first-order valence-corrected chi connectivity index (χ1v) is 9.42. The second kappa shape index (κ2) is 10.6. The van der Waals surface area contributed by atoms with Crippen LogP contribution < -0.4 is 15.4 Å². The molecule has 0 aliphatic heterocycles. The molecule has 0 spiro atoms. The number of aliphatic imine (C=N–C) groups is 1. The van der Waals surface area contributed by atoms with Crippen molar-refractivity contribution in [2.75, 3.05) is 34.3 Å². The van der Waals surface area contributed by atoms with E-state index in [1.54, 1.807) is 38.4 Å². The second-order valence-corrected chi connectivity index (χ2v) is 6.76. The summed E-state index contributed by atoms with van der Waals surface area (Å²) in [4.78, 5) is 18.5. The highest BCUT2D eigenvalue weighted by atomic mass is 79.9.